The number of aliphatic hydroxyl groups excluding tert-OH is 1. The minimum Gasteiger partial charge on any atom is -0.496 e. The predicted octanol–water partition coefficient (Wildman–Crippen LogP) is 0.822. The van der Waals surface area contributed by atoms with Gasteiger partial charge in [-0.05, 0) is 12.1 Å². The summed E-state index contributed by atoms with van der Waals surface area (Å²) in [5.41, 5.74) is 0.0647. The summed E-state index contributed by atoms with van der Waals surface area (Å²) in [7, 11) is 1.35. The summed E-state index contributed by atoms with van der Waals surface area (Å²) in [6.07, 6.45) is -1.94. The molecule has 0 saturated heterocycles. The molecule has 1 atom stereocenters. The molecule has 0 spiro atoms. The summed E-state index contributed by atoms with van der Waals surface area (Å²) in [6.45, 7) is 0. The number of rotatable bonds is 4. The molecule has 4 nitrogen and oxygen atoms in total. The number of carboxylic acids is 1. The van der Waals surface area contributed by atoms with Crippen LogP contribution >= 0.6 is 0 Å². The Kier molecular flexibility index (Phi) is 3.62. The SMILES string of the molecule is COc1cccc(F)c1CC(O)C(=O)O. The highest BCUT2D eigenvalue weighted by Gasteiger charge is 2.19. The van der Waals surface area contributed by atoms with E-state index in [1.165, 1.54) is 25.3 Å². The van der Waals surface area contributed by atoms with Crippen molar-refractivity contribution in [3.8, 4) is 5.75 Å². The lowest BCUT2D eigenvalue weighted by atomic mass is 10.1. The van der Waals surface area contributed by atoms with Crippen molar-refractivity contribution in [3.63, 3.8) is 0 Å². The van der Waals surface area contributed by atoms with Crippen LogP contribution in [-0.4, -0.2) is 29.4 Å². The fraction of sp³-hybridized carbons (Fsp3) is 0.300. The summed E-state index contributed by atoms with van der Waals surface area (Å²) in [5.74, 6) is -1.75. The van der Waals surface area contributed by atoms with Gasteiger partial charge in [-0.25, -0.2) is 9.18 Å². The van der Waals surface area contributed by atoms with Crippen molar-refractivity contribution >= 4 is 5.97 Å². The molecule has 0 amide bonds. The highest BCUT2D eigenvalue weighted by atomic mass is 19.1. The number of carboxylic acid groups (broad SMARTS) is 1. The summed E-state index contributed by atoms with van der Waals surface area (Å²) in [6, 6.07) is 4.14. The van der Waals surface area contributed by atoms with Gasteiger partial charge in [0.2, 0.25) is 0 Å². The van der Waals surface area contributed by atoms with Gasteiger partial charge in [-0.1, -0.05) is 6.07 Å². The molecule has 0 saturated carbocycles. The van der Waals surface area contributed by atoms with Crippen molar-refractivity contribution in [1.29, 1.82) is 0 Å². The van der Waals surface area contributed by atoms with E-state index in [1.54, 1.807) is 0 Å². The highest BCUT2D eigenvalue weighted by molar-refractivity contribution is 5.72. The second-order valence-electron chi connectivity index (χ2n) is 2.98. The average Bonchev–Trinajstić information content (AvgIpc) is 2.20. The maximum Gasteiger partial charge on any atom is 0.332 e. The molecule has 2 N–H and O–H groups in total. The Morgan fingerprint density at radius 1 is 1.60 bits per heavy atom. The Labute approximate surface area is 85.9 Å². The molecule has 82 valence electrons. The molecule has 0 aliphatic carbocycles. The lowest BCUT2D eigenvalue weighted by Crippen LogP contribution is -2.22. The molecule has 15 heavy (non-hydrogen) atoms. The van der Waals surface area contributed by atoms with Crippen LogP contribution in [0, 0.1) is 5.82 Å². The first-order valence-corrected chi connectivity index (χ1v) is 4.28. The minimum atomic E-state index is -1.63. The monoisotopic (exact) mass is 214 g/mol. The number of ether oxygens (including phenoxy) is 1. The van der Waals surface area contributed by atoms with Crippen molar-refractivity contribution in [2.75, 3.05) is 7.11 Å². The largest absolute Gasteiger partial charge is 0.496 e. The van der Waals surface area contributed by atoms with E-state index in [9.17, 15) is 9.18 Å². The molecule has 1 aromatic rings. The van der Waals surface area contributed by atoms with Gasteiger partial charge in [0.1, 0.15) is 11.6 Å². The summed E-state index contributed by atoms with van der Waals surface area (Å²) >= 11 is 0. The Hall–Kier alpha value is -1.62. The van der Waals surface area contributed by atoms with Gasteiger partial charge in [-0.3, -0.25) is 0 Å². The zero-order chi connectivity index (χ0) is 11.4. The third-order valence-electron chi connectivity index (χ3n) is 1.98. The standard InChI is InChI=1S/C10H11FO4/c1-15-9-4-2-3-7(11)6(9)5-8(12)10(13)14/h2-4,8,12H,5H2,1H3,(H,13,14). The number of aliphatic hydroxyl groups is 1. The van der Waals surface area contributed by atoms with Crippen molar-refractivity contribution < 1.29 is 24.1 Å². The molecule has 1 aromatic carbocycles. The van der Waals surface area contributed by atoms with Gasteiger partial charge in [0.05, 0.1) is 7.11 Å². The smallest absolute Gasteiger partial charge is 0.332 e. The van der Waals surface area contributed by atoms with E-state index in [1.807, 2.05) is 0 Å². The number of halogens is 1. The Balaban J connectivity index is 2.97. The average molecular weight is 214 g/mol. The van der Waals surface area contributed by atoms with Crippen molar-refractivity contribution in [2.24, 2.45) is 0 Å². The second-order valence-corrected chi connectivity index (χ2v) is 2.98. The van der Waals surface area contributed by atoms with Gasteiger partial charge in [-0.2, -0.15) is 0 Å². The van der Waals surface area contributed by atoms with E-state index in [4.69, 9.17) is 14.9 Å². The van der Waals surface area contributed by atoms with E-state index in [-0.39, 0.29) is 17.7 Å². The zero-order valence-corrected chi connectivity index (χ0v) is 8.11. The van der Waals surface area contributed by atoms with Crippen LogP contribution in [0.1, 0.15) is 5.56 Å². The van der Waals surface area contributed by atoms with Crippen LogP contribution < -0.4 is 4.74 Å². The van der Waals surface area contributed by atoms with Crippen LogP contribution in [0.5, 0.6) is 5.75 Å². The maximum absolute atomic E-state index is 13.3. The fourth-order valence-corrected chi connectivity index (χ4v) is 1.21. The van der Waals surface area contributed by atoms with Crippen molar-refractivity contribution in [2.45, 2.75) is 12.5 Å². The molecule has 0 radical (unpaired) electrons. The van der Waals surface area contributed by atoms with E-state index >= 15 is 0 Å². The van der Waals surface area contributed by atoms with Crippen LogP contribution in [0.4, 0.5) is 4.39 Å². The van der Waals surface area contributed by atoms with Crippen LogP contribution in [-0.2, 0) is 11.2 Å². The topological polar surface area (TPSA) is 66.8 Å². The normalized spacial score (nSPS) is 12.2. The zero-order valence-electron chi connectivity index (χ0n) is 8.11. The molecular formula is C10H11FO4. The van der Waals surface area contributed by atoms with E-state index in [2.05, 4.69) is 0 Å². The van der Waals surface area contributed by atoms with Gasteiger partial charge in [0.25, 0.3) is 0 Å². The van der Waals surface area contributed by atoms with Crippen LogP contribution in [0.25, 0.3) is 0 Å². The lowest BCUT2D eigenvalue weighted by Gasteiger charge is -2.10. The molecule has 5 heteroatoms. The molecular weight excluding hydrogens is 203 g/mol. The molecule has 1 rings (SSSR count). The molecule has 0 fully saturated rings. The Morgan fingerprint density at radius 2 is 2.27 bits per heavy atom. The van der Waals surface area contributed by atoms with Gasteiger partial charge >= 0.3 is 5.97 Å². The first-order chi connectivity index (χ1) is 7.06. The van der Waals surface area contributed by atoms with E-state index in [0.29, 0.717) is 0 Å². The molecule has 0 aromatic heterocycles. The van der Waals surface area contributed by atoms with Crippen molar-refractivity contribution in [1.82, 2.24) is 0 Å². The van der Waals surface area contributed by atoms with Crippen molar-refractivity contribution in [3.05, 3.63) is 29.6 Å². The van der Waals surface area contributed by atoms with E-state index < -0.39 is 17.9 Å². The molecule has 0 aliphatic heterocycles. The Morgan fingerprint density at radius 3 is 2.80 bits per heavy atom. The summed E-state index contributed by atoms with van der Waals surface area (Å²) < 4.78 is 18.1. The summed E-state index contributed by atoms with van der Waals surface area (Å²) in [4.78, 5) is 10.4. The number of methoxy groups -OCH3 is 1. The highest BCUT2D eigenvalue weighted by Crippen LogP contribution is 2.22. The van der Waals surface area contributed by atoms with Gasteiger partial charge < -0.3 is 14.9 Å². The van der Waals surface area contributed by atoms with Gasteiger partial charge in [0, 0.05) is 12.0 Å². The number of aliphatic carboxylic acids is 1. The van der Waals surface area contributed by atoms with E-state index in [0.717, 1.165) is 0 Å². The molecule has 0 heterocycles. The third-order valence-corrected chi connectivity index (χ3v) is 1.98. The number of hydrogen-bond donors (Lipinski definition) is 2. The number of benzene rings is 1. The first-order valence-electron chi connectivity index (χ1n) is 4.28. The number of carbonyl (C=O) groups is 1. The number of hydrogen-bond acceptors (Lipinski definition) is 3. The first kappa shape index (κ1) is 11.5. The van der Waals surface area contributed by atoms with Crippen LogP contribution in [0.15, 0.2) is 18.2 Å². The quantitative estimate of drug-likeness (QED) is 0.778. The molecule has 0 aliphatic rings. The van der Waals surface area contributed by atoms with Gasteiger partial charge in [-0.15, -0.1) is 0 Å². The summed E-state index contributed by atoms with van der Waals surface area (Å²) in [5, 5.41) is 17.6. The second kappa shape index (κ2) is 4.75. The molecule has 0 bridgehead atoms. The van der Waals surface area contributed by atoms with Crippen LogP contribution in [0.3, 0.4) is 0 Å². The van der Waals surface area contributed by atoms with Crippen LogP contribution in [0.2, 0.25) is 0 Å². The third kappa shape index (κ3) is 2.66. The minimum absolute atomic E-state index is 0.0647. The fourth-order valence-electron chi connectivity index (χ4n) is 1.21. The maximum atomic E-state index is 13.3. The Bertz CT molecular complexity index is 364. The van der Waals surface area contributed by atoms with Gasteiger partial charge in [0.15, 0.2) is 6.10 Å². The predicted molar refractivity (Wildman–Crippen MR) is 50.3 cm³/mol. The molecule has 1 unspecified atom stereocenters. The lowest BCUT2D eigenvalue weighted by molar-refractivity contribution is -0.146.